The monoisotopic (exact) mass is 326 g/mol. The number of rotatable bonds is 3. The van der Waals surface area contributed by atoms with Gasteiger partial charge in [-0.2, -0.15) is 0 Å². The highest BCUT2D eigenvalue weighted by Crippen LogP contribution is 2.22. The standard InChI is InChI=1S/C22H18N2O/c1-16-21-19(14-20(23-16)18-10-6-3-7-11-18)12-13-24(22(21)25)15-17-8-4-2-5-9-17/h2-14H,15H2,1H3. The zero-order valence-electron chi connectivity index (χ0n) is 14.0. The SMILES string of the molecule is Cc1nc(-c2ccccc2)cc2ccn(Cc3ccccc3)c(=O)c12. The van der Waals surface area contributed by atoms with Gasteiger partial charge in [-0.15, -0.1) is 0 Å². The van der Waals surface area contributed by atoms with E-state index in [0.29, 0.717) is 11.9 Å². The zero-order chi connectivity index (χ0) is 17.2. The van der Waals surface area contributed by atoms with Crippen LogP contribution in [0.3, 0.4) is 0 Å². The summed E-state index contributed by atoms with van der Waals surface area (Å²) in [5, 5.41) is 1.62. The van der Waals surface area contributed by atoms with Crippen molar-refractivity contribution in [3.8, 4) is 11.3 Å². The van der Waals surface area contributed by atoms with Crippen molar-refractivity contribution >= 4 is 10.8 Å². The lowest BCUT2D eigenvalue weighted by atomic mass is 10.1. The minimum atomic E-state index is 0.00552. The minimum Gasteiger partial charge on any atom is -0.311 e. The van der Waals surface area contributed by atoms with Crippen LogP contribution in [-0.4, -0.2) is 9.55 Å². The third kappa shape index (κ3) is 2.96. The van der Waals surface area contributed by atoms with Gasteiger partial charge in [-0.05, 0) is 30.0 Å². The molecular formula is C22H18N2O. The van der Waals surface area contributed by atoms with E-state index in [2.05, 4.69) is 4.98 Å². The number of benzene rings is 2. The van der Waals surface area contributed by atoms with Crippen molar-refractivity contribution in [1.82, 2.24) is 9.55 Å². The molecule has 0 N–H and O–H groups in total. The molecule has 3 nitrogen and oxygen atoms in total. The molecule has 0 radical (unpaired) electrons. The van der Waals surface area contributed by atoms with E-state index >= 15 is 0 Å². The molecule has 0 aliphatic rings. The van der Waals surface area contributed by atoms with Crippen LogP contribution in [0, 0.1) is 6.92 Å². The molecule has 0 aliphatic carbocycles. The topological polar surface area (TPSA) is 34.9 Å². The molecule has 0 amide bonds. The fourth-order valence-electron chi connectivity index (χ4n) is 3.15. The number of pyridine rings is 2. The predicted molar refractivity (Wildman–Crippen MR) is 102 cm³/mol. The Bertz CT molecular complexity index is 1080. The molecule has 0 saturated carbocycles. The number of hydrogen-bond donors (Lipinski definition) is 0. The molecule has 2 heterocycles. The van der Waals surface area contributed by atoms with Crippen LogP contribution < -0.4 is 5.56 Å². The molecule has 0 spiro atoms. The summed E-state index contributed by atoms with van der Waals surface area (Å²) in [4.78, 5) is 17.6. The van der Waals surface area contributed by atoms with Gasteiger partial charge in [0.05, 0.1) is 23.3 Å². The third-order valence-electron chi connectivity index (χ3n) is 4.40. The second kappa shape index (κ2) is 6.36. The molecular weight excluding hydrogens is 308 g/mol. The average Bonchev–Trinajstić information content (AvgIpc) is 2.65. The second-order valence-corrected chi connectivity index (χ2v) is 6.16. The molecule has 0 fully saturated rings. The number of aromatic nitrogens is 2. The highest BCUT2D eigenvalue weighted by Gasteiger charge is 2.10. The van der Waals surface area contributed by atoms with Gasteiger partial charge in [0.2, 0.25) is 0 Å². The molecule has 122 valence electrons. The maximum atomic E-state index is 12.9. The highest BCUT2D eigenvalue weighted by molar-refractivity contribution is 5.86. The first-order valence-electron chi connectivity index (χ1n) is 8.32. The molecule has 2 aromatic carbocycles. The van der Waals surface area contributed by atoms with Crippen LogP contribution in [0.15, 0.2) is 83.8 Å². The Balaban J connectivity index is 1.82. The van der Waals surface area contributed by atoms with Crippen LogP contribution >= 0.6 is 0 Å². The minimum absolute atomic E-state index is 0.00552. The summed E-state index contributed by atoms with van der Waals surface area (Å²) in [5.74, 6) is 0. The van der Waals surface area contributed by atoms with Crippen LogP contribution in [0.1, 0.15) is 11.3 Å². The Morgan fingerprint density at radius 2 is 1.60 bits per heavy atom. The molecule has 0 saturated heterocycles. The molecule has 25 heavy (non-hydrogen) atoms. The van der Waals surface area contributed by atoms with Gasteiger partial charge in [0.1, 0.15) is 0 Å². The number of fused-ring (bicyclic) bond motifs is 1. The summed E-state index contributed by atoms with van der Waals surface area (Å²) in [7, 11) is 0. The van der Waals surface area contributed by atoms with E-state index in [1.165, 1.54) is 0 Å². The Kier molecular flexibility index (Phi) is 3.90. The molecule has 4 aromatic rings. The average molecular weight is 326 g/mol. The van der Waals surface area contributed by atoms with Gasteiger partial charge in [0, 0.05) is 11.8 Å². The van der Waals surface area contributed by atoms with Gasteiger partial charge in [-0.1, -0.05) is 60.7 Å². The molecule has 2 aromatic heterocycles. The third-order valence-corrected chi connectivity index (χ3v) is 4.40. The molecule has 3 heteroatoms. The van der Waals surface area contributed by atoms with Gasteiger partial charge in [-0.25, -0.2) is 0 Å². The molecule has 0 atom stereocenters. The van der Waals surface area contributed by atoms with Crippen LogP contribution in [0.5, 0.6) is 0 Å². The largest absolute Gasteiger partial charge is 0.311 e. The van der Waals surface area contributed by atoms with E-state index in [-0.39, 0.29) is 5.56 Å². The zero-order valence-corrected chi connectivity index (χ0v) is 14.0. The van der Waals surface area contributed by atoms with Gasteiger partial charge >= 0.3 is 0 Å². The fraction of sp³-hybridized carbons (Fsp3) is 0.0909. The molecule has 4 rings (SSSR count). The quantitative estimate of drug-likeness (QED) is 0.558. The number of aryl methyl sites for hydroxylation is 1. The Morgan fingerprint density at radius 1 is 0.920 bits per heavy atom. The van der Waals surface area contributed by atoms with E-state index in [0.717, 1.165) is 27.9 Å². The maximum Gasteiger partial charge on any atom is 0.260 e. The van der Waals surface area contributed by atoms with Crippen molar-refractivity contribution in [2.75, 3.05) is 0 Å². The Labute approximate surface area is 146 Å². The van der Waals surface area contributed by atoms with Gasteiger partial charge < -0.3 is 4.57 Å². The van der Waals surface area contributed by atoms with Gasteiger partial charge in [-0.3, -0.25) is 9.78 Å². The smallest absolute Gasteiger partial charge is 0.260 e. The lowest BCUT2D eigenvalue weighted by Crippen LogP contribution is -2.21. The lowest BCUT2D eigenvalue weighted by molar-refractivity contribution is 0.767. The first-order chi connectivity index (χ1) is 12.2. The Hall–Kier alpha value is -3.20. The first-order valence-corrected chi connectivity index (χ1v) is 8.32. The first kappa shape index (κ1) is 15.3. The molecule has 0 bridgehead atoms. The van der Waals surface area contributed by atoms with Crippen molar-refractivity contribution in [1.29, 1.82) is 0 Å². The van der Waals surface area contributed by atoms with Crippen LogP contribution in [0.4, 0.5) is 0 Å². The predicted octanol–water partition coefficient (Wildman–Crippen LogP) is 4.42. The number of nitrogens with zero attached hydrogens (tertiary/aromatic N) is 2. The van der Waals surface area contributed by atoms with Gasteiger partial charge in [0.15, 0.2) is 0 Å². The van der Waals surface area contributed by atoms with E-state index in [9.17, 15) is 4.79 Å². The molecule has 0 aliphatic heterocycles. The van der Waals surface area contributed by atoms with E-state index in [4.69, 9.17) is 0 Å². The van der Waals surface area contributed by atoms with E-state index in [1.807, 2.05) is 85.9 Å². The highest BCUT2D eigenvalue weighted by atomic mass is 16.1. The van der Waals surface area contributed by atoms with Crippen LogP contribution in [-0.2, 0) is 6.54 Å². The van der Waals surface area contributed by atoms with Crippen molar-refractivity contribution in [2.24, 2.45) is 0 Å². The summed E-state index contributed by atoms with van der Waals surface area (Å²) in [6, 6.07) is 24.0. The Morgan fingerprint density at radius 3 is 2.32 bits per heavy atom. The van der Waals surface area contributed by atoms with Gasteiger partial charge in [0.25, 0.3) is 5.56 Å². The van der Waals surface area contributed by atoms with E-state index < -0.39 is 0 Å². The van der Waals surface area contributed by atoms with Crippen LogP contribution in [0.2, 0.25) is 0 Å². The van der Waals surface area contributed by atoms with Crippen molar-refractivity contribution in [3.63, 3.8) is 0 Å². The summed E-state index contributed by atoms with van der Waals surface area (Å²) < 4.78 is 1.74. The van der Waals surface area contributed by atoms with Crippen molar-refractivity contribution < 1.29 is 0 Å². The summed E-state index contributed by atoms with van der Waals surface area (Å²) >= 11 is 0. The maximum absolute atomic E-state index is 12.9. The normalized spacial score (nSPS) is 10.9. The van der Waals surface area contributed by atoms with E-state index in [1.54, 1.807) is 4.57 Å². The molecule has 0 unspecified atom stereocenters. The summed E-state index contributed by atoms with van der Waals surface area (Å²) in [5.41, 5.74) is 3.83. The summed E-state index contributed by atoms with van der Waals surface area (Å²) in [6.45, 7) is 2.47. The van der Waals surface area contributed by atoms with Crippen LogP contribution in [0.25, 0.3) is 22.0 Å². The summed E-state index contributed by atoms with van der Waals surface area (Å²) in [6.07, 6.45) is 1.87. The lowest BCUT2D eigenvalue weighted by Gasteiger charge is -2.10. The second-order valence-electron chi connectivity index (χ2n) is 6.16. The fourth-order valence-corrected chi connectivity index (χ4v) is 3.15. The van der Waals surface area contributed by atoms with Crippen molar-refractivity contribution in [3.05, 3.63) is 101 Å². The van der Waals surface area contributed by atoms with Crippen molar-refractivity contribution in [2.45, 2.75) is 13.5 Å². The number of hydrogen-bond acceptors (Lipinski definition) is 2.